The molecule has 0 radical (unpaired) electrons. The number of aromatic nitrogens is 3. The number of H-pyrrole nitrogens is 1. The minimum atomic E-state index is -0.605. The van der Waals surface area contributed by atoms with Crippen LogP contribution in [0.4, 0.5) is 4.39 Å². The summed E-state index contributed by atoms with van der Waals surface area (Å²) in [7, 11) is 1.48. The van der Waals surface area contributed by atoms with Crippen LogP contribution in [0.25, 0.3) is 11.3 Å². The monoisotopic (exact) mass is 221 g/mol. The second kappa shape index (κ2) is 4.09. The number of ether oxygens (including phenoxy) is 1. The van der Waals surface area contributed by atoms with Gasteiger partial charge < -0.3 is 9.72 Å². The highest BCUT2D eigenvalue weighted by molar-refractivity contribution is 5.58. The molecule has 0 spiro atoms. The maximum Gasteiger partial charge on any atom is 0.345 e. The zero-order chi connectivity index (χ0) is 11.5. The molecule has 0 aliphatic carbocycles. The third-order valence-corrected chi connectivity index (χ3v) is 2.00. The van der Waals surface area contributed by atoms with Gasteiger partial charge in [-0.1, -0.05) is 0 Å². The molecule has 0 unspecified atom stereocenters. The van der Waals surface area contributed by atoms with E-state index >= 15 is 0 Å². The van der Waals surface area contributed by atoms with E-state index in [4.69, 9.17) is 4.74 Å². The largest absolute Gasteiger partial charge is 0.481 e. The summed E-state index contributed by atoms with van der Waals surface area (Å²) in [5.41, 5.74) is -0.0832. The number of nitrogens with zero attached hydrogens (tertiary/aromatic N) is 2. The number of aromatic amines is 1. The quantitative estimate of drug-likeness (QED) is 0.820. The van der Waals surface area contributed by atoms with E-state index in [9.17, 15) is 9.18 Å². The van der Waals surface area contributed by atoms with E-state index in [2.05, 4.69) is 15.0 Å². The highest BCUT2D eigenvalue weighted by Gasteiger charge is 2.07. The van der Waals surface area contributed by atoms with Crippen LogP contribution in [-0.2, 0) is 0 Å². The van der Waals surface area contributed by atoms with Crippen LogP contribution >= 0.6 is 0 Å². The molecule has 16 heavy (non-hydrogen) atoms. The van der Waals surface area contributed by atoms with E-state index in [0.29, 0.717) is 11.4 Å². The average Bonchev–Trinajstić information content (AvgIpc) is 2.32. The Morgan fingerprint density at radius 2 is 2.12 bits per heavy atom. The van der Waals surface area contributed by atoms with E-state index < -0.39 is 11.5 Å². The number of methoxy groups -OCH3 is 1. The first-order valence-electron chi connectivity index (χ1n) is 4.46. The smallest absolute Gasteiger partial charge is 0.345 e. The lowest BCUT2D eigenvalue weighted by Crippen LogP contribution is -2.11. The Hall–Kier alpha value is -2.24. The Balaban J connectivity index is 2.50. The standard InChI is InChI=1S/C10H8FN3O2/c1-16-8-3-2-6(4-12-8)9-7(11)5-13-10(15)14-9/h2-5H,1H3,(H,13,14,15). The van der Waals surface area contributed by atoms with Crippen molar-refractivity contribution in [3.05, 3.63) is 40.8 Å². The molecule has 0 aromatic carbocycles. The summed E-state index contributed by atoms with van der Waals surface area (Å²) in [6.45, 7) is 0. The molecular formula is C10H8FN3O2. The van der Waals surface area contributed by atoms with E-state index in [-0.39, 0.29) is 5.69 Å². The SMILES string of the molecule is COc1ccc(-c2[nH]c(=O)ncc2F)cn1. The van der Waals surface area contributed by atoms with Crippen molar-refractivity contribution in [2.75, 3.05) is 7.11 Å². The predicted octanol–water partition coefficient (Wildman–Crippen LogP) is 0.980. The molecule has 2 rings (SSSR count). The van der Waals surface area contributed by atoms with Crippen molar-refractivity contribution < 1.29 is 9.13 Å². The number of rotatable bonds is 2. The van der Waals surface area contributed by atoms with Crippen molar-refractivity contribution in [2.24, 2.45) is 0 Å². The Kier molecular flexibility index (Phi) is 2.63. The fourth-order valence-corrected chi connectivity index (χ4v) is 1.24. The Morgan fingerprint density at radius 1 is 1.31 bits per heavy atom. The van der Waals surface area contributed by atoms with Gasteiger partial charge in [-0.05, 0) is 6.07 Å². The maximum absolute atomic E-state index is 13.3. The fourth-order valence-electron chi connectivity index (χ4n) is 1.24. The molecule has 0 atom stereocenters. The van der Waals surface area contributed by atoms with Gasteiger partial charge in [-0.2, -0.15) is 4.98 Å². The molecule has 0 aliphatic heterocycles. The number of nitrogens with one attached hydrogen (secondary N) is 1. The molecule has 5 nitrogen and oxygen atoms in total. The van der Waals surface area contributed by atoms with Crippen LogP contribution in [0.1, 0.15) is 0 Å². The van der Waals surface area contributed by atoms with Crippen LogP contribution in [-0.4, -0.2) is 22.1 Å². The van der Waals surface area contributed by atoms with Gasteiger partial charge >= 0.3 is 5.69 Å². The van der Waals surface area contributed by atoms with Crippen molar-refractivity contribution >= 4 is 0 Å². The topological polar surface area (TPSA) is 67.9 Å². The molecular weight excluding hydrogens is 213 g/mol. The van der Waals surface area contributed by atoms with Crippen LogP contribution in [0.2, 0.25) is 0 Å². The van der Waals surface area contributed by atoms with Crippen LogP contribution in [0.15, 0.2) is 29.3 Å². The molecule has 2 aromatic rings. The maximum atomic E-state index is 13.3. The van der Waals surface area contributed by atoms with Gasteiger partial charge in [-0.3, -0.25) is 0 Å². The normalized spacial score (nSPS) is 10.1. The molecule has 0 bridgehead atoms. The van der Waals surface area contributed by atoms with Crippen molar-refractivity contribution in [3.8, 4) is 17.1 Å². The van der Waals surface area contributed by atoms with Gasteiger partial charge in [0.05, 0.1) is 19.0 Å². The van der Waals surface area contributed by atoms with Gasteiger partial charge in [0.2, 0.25) is 5.88 Å². The summed E-state index contributed by atoms with van der Waals surface area (Å²) in [5.74, 6) is -0.188. The molecule has 0 aliphatic rings. The Morgan fingerprint density at radius 3 is 2.75 bits per heavy atom. The first kappa shape index (κ1) is 10.3. The van der Waals surface area contributed by atoms with Gasteiger partial charge in [0, 0.05) is 17.8 Å². The molecule has 0 amide bonds. The third kappa shape index (κ3) is 1.90. The Labute approximate surface area is 90.0 Å². The Bertz CT molecular complexity index is 551. The predicted molar refractivity (Wildman–Crippen MR) is 54.6 cm³/mol. The van der Waals surface area contributed by atoms with Gasteiger partial charge in [-0.15, -0.1) is 0 Å². The van der Waals surface area contributed by atoms with E-state index in [1.54, 1.807) is 12.1 Å². The number of pyridine rings is 1. The number of halogens is 1. The average molecular weight is 221 g/mol. The van der Waals surface area contributed by atoms with Crippen molar-refractivity contribution in [1.82, 2.24) is 15.0 Å². The third-order valence-electron chi connectivity index (χ3n) is 2.00. The summed E-state index contributed by atoms with van der Waals surface area (Å²) in [5, 5.41) is 0. The first-order chi connectivity index (χ1) is 7.70. The van der Waals surface area contributed by atoms with E-state index in [1.807, 2.05) is 0 Å². The first-order valence-corrected chi connectivity index (χ1v) is 4.46. The van der Waals surface area contributed by atoms with Crippen LogP contribution in [0.3, 0.4) is 0 Å². The lowest BCUT2D eigenvalue weighted by atomic mass is 10.2. The minimum absolute atomic E-state index is 0.0650. The summed E-state index contributed by atoms with van der Waals surface area (Å²) < 4.78 is 18.2. The van der Waals surface area contributed by atoms with Crippen LogP contribution in [0, 0.1) is 5.82 Å². The fraction of sp³-hybridized carbons (Fsp3) is 0.100. The van der Waals surface area contributed by atoms with E-state index in [1.165, 1.54) is 13.3 Å². The van der Waals surface area contributed by atoms with Gasteiger partial charge in [0.15, 0.2) is 5.82 Å². The van der Waals surface area contributed by atoms with Crippen molar-refractivity contribution in [1.29, 1.82) is 0 Å². The van der Waals surface area contributed by atoms with Crippen molar-refractivity contribution in [2.45, 2.75) is 0 Å². The zero-order valence-electron chi connectivity index (χ0n) is 8.40. The molecule has 0 saturated heterocycles. The number of hydrogen-bond acceptors (Lipinski definition) is 4. The van der Waals surface area contributed by atoms with Crippen LogP contribution in [0.5, 0.6) is 5.88 Å². The molecule has 82 valence electrons. The van der Waals surface area contributed by atoms with E-state index in [0.717, 1.165) is 6.20 Å². The van der Waals surface area contributed by atoms with Crippen LogP contribution < -0.4 is 10.4 Å². The molecule has 2 aromatic heterocycles. The lowest BCUT2D eigenvalue weighted by molar-refractivity contribution is 0.398. The van der Waals surface area contributed by atoms with Crippen molar-refractivity contribution in [3.63, 3.8) is 0 Å². The number of hydrogen-bond donors (Lipinski definition) is 1. The summed E-state index contributed by atoms with van der Waals surface area (Å²) in [4.78, 5) is 20.4. The van der Waals surface area contributed by atoms with Gasteiger partial charge in [0.1, 0.15) is 0 Å². The van der Waals surface area contributed by atoms with Gasteiger partial charge in [0.25, 0.3) is 0 Å². The summed E-state index contributed by atoms with van der Waals surface area (Å²) >= 11 is 0. The molecule has 1 N–H and O–H groups in total. The highest BCUT2D eigenvalue weighted by atomic mass is 19.1. The minimum Gasteiger partial charge on any atom is -0.481 e. The summed E-state index contributed by atoms with van der Waals surface area (Å²) in [6, 6.07) is 3.17. The molecule has 0 fully saturated rings. The second-order valence-corrected chi connectivity index (χ2v) is 3.00. The second-order valence-electron chi connectivity index (χ2n) is 3.00. The summed E-state index contributed by atoms with van der Waals surface area (Å²) in [6.07, 6.45) is 2.28. The zero-order valence-corrected chi connectivity index (χ0v) is 8.40. The van der Waals surface area contributed by atoms with Gasteiger partial charge in [-0.25, -0.2) is 14.2 Å². The molecule has 2 heterocycles. The highest BCUT2D eigenvalue weighted by Crippen LogP contribution is 2.19. The molecule has 6 heteroatoms. The lowest BCUT2D eigenvalue weighted by Gasteiger charge is -2.03. The molecule has 0 saturated carbocycles.